The molecule has 8 heteroatoms. The Bertz CT molecular complexity index is 877. The summed E-state index contributed by atoms with van der Waals surface area (Å²) < 4.78 is 2.45. The van der Waals surface area contributed by atoms with E-state index in [4.69, 9.17) is 12.2 Å². The number of amides is 2. The van der Waals surface area contributed by atoms with Crippen molar-refractivity contribution < 1.29 is 9.59 Å². The summed E-state index contributed by atoms with van der Waals surface area (Å²) in [5.74, 6) is 0.287. The molecule has 0 saturated carbocycles. The first kappa shape index (κ1) is 21.8. The van der Waals surface area contributed by atoms with E-state index in [1.165, 1.54) is 0 Å². The maximum Gasteiger partial charge on any atom is 0.251 e. The first-order chi connectivity index (χ1) is 13.1. The molecule has 0 aliphatic rings. The quantitative estimate of drug-likeness (QED) is 0.620. The largest absolute Gasteiger partial charge is 0.354 e. The number of rotatable bonds is 7. The number of aromatic amines is 1. The minimum Gasteiger partial charge on any atom is -0.354 e. The van der Waals surface area contributed by atoms with E-state index < -0.39 is 6.04 Å². The van der Waals surface area contributed by atoms with Gasteiger partial charge in [-0.25, -0.2) is 0 Å². The lowest BCUT2D eigenvalue weighted by Gasteiger charge is -2.19. The third kappa shape index (κ3) is 5.51. The summed E-state index contributed by atoms with van der Waals surface area (Å²) in [6.07, 6.45) is 0.557. The van der Waals surface area contributed by atoms with Gasteiger partial charge in [-0.1, -0.05) is 32.9 Å². The van der Waals surface area contributed by atoms with Crippen molar-refractivity contribution in [1.29, 1.82) is 0 Å². The normalized spacial score (nSPS) is 12.5. The minimum absolute atomic E-state index is 0.0262. The van der Waals surface area contributed by atoms with Gasteiger partial charge in [0.15, 0.2) is 4.77 Å². The molecular formula is C20H29N5O2S. The van der Waals surface area contributed by atoms with Crippen molar-refractivity contribution in [3.63, 3.8) is 0 Å². The van der Waals surface area contributed by atoms with Crippen LogP contribution in [0, 0.1) is 4.77 Å². The first-order valence-electron chi connectivity index (χ1n) is 9.46. The minimum atomic E-state index is -0.637. The molecule has 1 unspecified atom stereocenters. The van der Waals surface area contributed by atoms with Gasteiger partial charge in [0.1, 0.15) is 11.9 Å². The molecule has 1 aromatic carbocycles. The molecule has 1 aromatic heterocycles. The molecule has 2 amide bonds. The molecule has 0 spiro atoms. The Morgan fingerprint density at radius 3 is 2.46 bits per heavy atom. The zero-order valence-electron chi connectivity index (χ0n) is 17.1. The molecule has 7 nitrogen and oxygen atoms in total. The van der Waals surface area contributed by atoms with Crippen LogP contribution in [0.3, 0.4) is 0 Å². The highest BCUT2D eigenvalue weighted by atomic mass is 32.1. The first-order valence-corrected chi connectivity index (χ1v) is 9.87. The van der Waals surface area contributed by atoms with Crippen LogP contribution in [0.1, 0.15) is 56.4 Å². The summed E-state index contributed by atoms with van der Waals surface area (Å²) >= 11 is 5.15. The van der Waals surface area contributed by atoms with Gasteiger partial charge in [-0.2, -0.15) is 5.10 Å². The van der Waals surface area contributed by atoms with Gasteiger partial charge in [-0.3, -0.25) is 14.7 Å². The van der Waals surface area contributed by atoms with Crippen molar-refractivity contribution in [2.45, 2.75) is 59.0 Å². The number of aromatic nitrogens is 3. The van der Waals surface area contributed by atoms with E-state index in [0.717, 1.165) is 17.9 Å². The van der Waals surface area contributed by atoms with Crippen molar-refractivity contribution in [2.24, 2.45) is 0 Å². The number of H-pyrrole nitrogens is 1. The summed E-state index contributed by atoms with van der Waals surface area (Å²) in [6.45, 7) is 11.1. The molecule has 1 atom stereocenters. The van der Waals surface area contributed by atoms with Gasteiger partial charge >= 0.3 is 0 Å². The number of carbonyl (C=O) groups excluding carboxylic acids is 2. The fourth-order valence-electron chi connectivity index (χ4n) is 2.78. The smallest absolute Gasteiger partial charge is 0.251 e. The number of hydrogen-bond acceptors (Lipinski definition) is 4. The summed E-state index contributed by atoms with van der Waals surface area (Å²) in [5, 5.41) is 12.5. The number of carbonyl (C=O) groups is 2. The molecule has 0 saturated heterocycles. The molecule has 1 heterocycles. The van der Waals surface area contributed by atoms with Crippen molar-refractivity contribution in [3.8, 4) is 0 Å². The van der Waals surface area contributed by atoms with Crippen LogP contribution in [0.4, 0.5) is 0 Å². The summed E-state index contributed by atoms with van der Waals surface area (Å²) in [5.41, 5.74) is 1.71. The molecule has 28 heavy (non-hydrogen) atoms. The van der Waals surface area contributed by atoms with Crippen LogP contribution in [0.15, 0.2) is 24.3 Å². The topological polar surface area (TPSA) is 91.8 Å². The summed E-state index contributed by atoms with van der Waals surface area (Å²) in [4.78, 5) is 24.6. The highest BCUT2D eigenvalue weighted by molar-refractivity contribution is 7.71. The Kier molecular flexibility index (Phi) is 7.12. The second-order valence-electron chi connectivity index (χ2n) is 7.75. The van der Waals surface area contributed by atoms with Crippen LogP contribution in [0.25, 0.3) is 0 Å². The van der Waals surface area contributed by atoms with Crippen LogP contribution in [-0.2, 0) is 23.2 Å². The monoisotopic (exact) mass is 403 g/mol. The highest BCUT2D eigenvalue weighted by Crippen LogP contribution is 2.22. The van der Waals surface area contributed by atoms with E-state index in [9.17, 15) is 9.59 Å². The van der Waals surface area contributed by atoms with Crippen molar-refractivity contribution >= 4 is 24.0 Å². The van der Waals surface area contributed by atoms with Gasteiger partial charge in [0.05, 0.1) is 0 Å². The van der Waals surface area contributed by atoms with Crippen LogP contribution in [0.2, 0.25) is 0 Å². The molecule has 0 aliphatic heterocycles. The van der Waals surface area contributed by atoms with Crippen LogP contribution < -0.4 is 10.6 Å². The van der Waals surface area contributed by atoms with Gasteiger partial charge in [0.25, 0.3) is 5.91 Å². The van der Waals surface area contributed by atoms with Crippen molar-refractivity contribution in [1.82, 2.24) is 25.4 Å². The van der Waals surface area contributed by atoms with Crippen LogP contribution in [0.5, 0.6) is 0 Å². The highest BCUT2D eigenvalue weighted by Gasteiger charge is 2.18. The number of benzene rings is 1. The van der Waals surface area contributed by atoms with Crippen LogP contribution >= 0.6 is 12.2 Å². The average molecular weight is 404 g/mol. The predicted molar refractivity (Wildman–Crippen MR) is 112 cm³/mol. The molecule has 3 N–H and O–H groups in total. The standard InChI is InChI=1S/C20H29N5O2S/c1-6-25-16(23-24-19(25)28)11-12-21-17(26)13(2)22-18(27)14-7-9-15(10-8-14)20(3,4)5/h7-10,13H,6,11-12H2,1-5H3,(H,21,26)(H,22,27)(H,24,28). The van der Waals surface area contributed by atoms with Gasteiger partial charge in [0.2, 0.25) is 5.91 Å². The fourth-order valence-corrected chi connectivity index (χ4v) is 3.07. The Labute approximate surface area is 170 Å². The molecule has 2 aromatic rings. The van der Waals surface area contributed by atoms with E-state index in [2.05, 4.69) is 41.6 Å². The SMILES string of the molecule is CCn1c(CCNC(=O)C(C)NC(=O)c2ccc(C(C)(C)C)cc2)n[nH]c1=S. The van der Waals surface area contributed by atoms with Crippen LogP contribution in [-0.4, -0.2) is 39.2 Å². The molecule has 152 valence electrons. The second-order valence-corrected chi connectivity index (χ2v) is 8.14. The van der Waals surface area contributed by atoms with Gasteiger partial charge in [-0.15, -0.1) is 0 Å². The van der Waals surface area contributed by atoms with Gasteiger partial charge in [0, 0.05) is 25.1 Å². The van der Waals surface area contributed by atoms with Gasteiger partial charge in [-0.05, 0) is 49.2 Å². The zero-order chi connectivity index (χ0) is 20.9. The molecule has 0 aliphatic carbocycles. The average Bonchev–Trinajstić information content (AvgIpc) is 3.00. The molecule has 0 bridgehead atoms. The number of nitrogens with zero attached hydrogens (tertiary/aromatic N) is 2. The van der Waals surface area contributed by atoms with E-state index in [-0.39, 0.29) is 17.2 Å². The molecular weight excluding hydrogens is 374 g/mol. The Hall–Kier alpha value is -2.48. The van der Waals surface area contributed by atoms with E-state index >= 15 is 0 Å². The Morgan fingerprint density at radius 2 is 1.89 bits per heavy atom. The lowest BCUT2D eigenvalue weighted by molar-refractivity contribution is -0.122. The maximum absolute atomic E-state index is 12.4. The third-order valence-corrected chi connectivity index (χ3v) is 4.87. The van der Waals surface area contributed by atoms with E-state index in [1.807, 2.05) is 23.6 Å². The Balaban J connectivity index is 1.86. The van der Waals surface area contributed by atoms with E-state index in [1.54, 1.807) is 19.1 Å². The Morgan fingerprint density at radius 1 is 1.25 bits per heavy atom. The maximum atomic E-state index is 12.4. The fraction of sp³-hybridized carbons (Fsp3) is 0.500. The third-order valence-electron chi connectivity index (χ3n) is 4.56. The number of nitrogens with one attached hydrogen (secondary N) is 3. The number of hydrogen-bond donors (Lipinski definition) is 3. The van der Waals surface area contributed by atoms with Crippen molar-refractivity contribution in [2.75, 3.05) is 6.54 Å². The zero-order valence-corrected chi connectivity index (χ0v) is 17.9. The molecule has 0 fully saturated rings. The van der Waals surface area contributed by atoms with Crippen molar-refractivity contribution in [3.05, 3.63) is 46.0 Å². The molecule has 0 radical (unpaired) electrons. The predicted octanol–water partition coefficient (Wildman–Crippen LogP) is 2.74. The van der Waals surface area contributed by atoms with Gasteiger partial charge < -0.3 is 15.2 Å². The van der Waals surface area contributed by atoms with E-state index in [0.29, 0.717) is 23.3 Å². The molecule has 2 rings (SSSR count). The summed E-state index contributed by atoms with van der Waals surface area (Å²) in [7, 11) is 0. The summed E-state index contributed by atoms with van der Waals surface area (Å²) in [6, 6.07) is 6.82. The lowest BCUT2D eigenvalue weighted by Crippen LogP contribution is -2.45. The second kappa shape index (κ2) is 9.14. The lowest BCUT2D eigenvalue weighted by atomic mass is 9.86.